The molecule has 2 aromatic rings. The van der Waals surface area contributed by atoms with Crippen molar-refractivity contribution in [1.82, 2.24) is 19.3 Å². The van der Waals surface area contributed by atoms with E-state index in [1.807, 2.05) is 0 Å². The lowest BCUT2D eigenvalue weighted by Crippen LogP contribution is -2.49. The Morgan fingerprint density at radius 3 is 1.52 bits per heavy atom. The van der Waals surface area contributed by atoms with Crippen LogP contribution < -0.4 is 19.4 Å². The Kier molecular flexibility index (Phi) is 6.24. The molecule has 0 saturated carbocycles. The summed E-state index contributed by atoms with van der Waals surface area (Å²) in [5.74, 6) is 2.77. The minimum absolute atomic E-state index is 0.282. The van der Waals surface area contributed by atoms with Crippen molar-refractivity contribution < 1.29 is 13.2 Å². The fourth-order valence-electron chi connectivity index (χ4n) is 4.63. The van der Waals surface area contributed by atoms with Crippen molar-refractivity contribution in [1.29, 1.82) is 0 Å². The third-order valence-corrected chi connectivity index (χ3v) is 8.51. The predicted octanol–water partition coefficient (Wildman–Crippen LogP) is 1.59. The fourth-order valence-corrected chi connectivity index (χ4v) is 6.05. The van der Waals surface area contributed by atoms with Crippen LogP contribution in [0, 0.1) is 0 Å². The van der Waals surface area contributed by atoms with E-state index < -0.39 is 10.0 Å². The highest BCUT2D eigenvalue weighted by Crippen LogP contribution is 2.26. The molecule has 0 spiro atoms. The van der Waals surface area contributed by atoms with E-state index in [0.29, 0.717) is 37.9 Å². The molecule has 178 valence electrons. The van der Waals surface area contributed by atoms with Crippen LogP contribution in [-0.4, -0.2) is 87.1 Å². The van der Waals surface area contributed by atoms with Gasteiger partial charge in [-0.1, -0.05) is 0 Å². The van der Waals surface area contributed by atoms with E-state index in [1.54, 1.807) is 31.4 Å². The average molecular weight is 474 g/mol. The van der Waals surface area contributed by atoms with E-state index in [2.05, 4.69) is 14.7 Å². The van der Waals surface area contributed by atoms with E-state index in [9.17, 15) is 8.42 Å². The minimum atomic E-state index is -3.55. The van der Waals surface area contributed by atoms with Crippen LogP contribution in [-0.2, 0) is 10.0 Å². The Balaban J connectivity index is 1.33. The Labute approximate surface area is 195 Å². The molecule has 0 amide bonds. The second-order valence-corrected chi connectivity index (χ2v) is 10.6. The van der Waals surface area contributed by atoms with Gasteiger partial charge in [0.15, 0.2) is 0 Å². The molecule has 10 nitrogen and oxygen atoms in total. The number of aromatic nitrogens is 3. The predicted molar refractivity (Wildman–Crippen MR) is 127 cm³/mol. The highest BCUT2D eigenvalue weighted by molar-refractivity contribution is 7.89. The van der Waals surface area contributed by atoms with E-state index in [-0.39, 0.29) is 4.90 Å². The smallest absolute Gasteiger partial charge is 0.243 e. The first-order valence-corrected chi connectivity index (χ1v) is 13.1. The van der Waals surface area contributed by atoms with Gasteiger partial charge >= 0.3 is 0 Å². The molecule has 0 radical (unpaired) electrons. The topological polar surface area (TPSA) is 95.0 Å². The molecule has 4 heterocycles. The number of anilines is 3. The second kappa shape index (κ2) is 9.30. The van der Waals surface area contributed by atoms with Gasteiger partial charge in [0.05, 0.1) is 12.0 Å². The van der Waals surface area contributed by atoms with Crippen LogP contribution in [0.2, 0.25) is 0 Å². The summed E-state index contributed by atoms with van der Waals surface area (Å²) in [5.41, 5.74) is 0. The van der Waals surface area contributed by atoms with Crippen LogP contribution in [0.4, 0.5) is 17.8 Å². The zero-order chi connectivity index (χ0) is 22.8. The Morgan fingerprint density at radius 1 is 0.667 bits per heavy atom. The number of benzene rings is 1. The maximum Gasteiger partial charge on any atom is 0.243 e. The Hall–Kier alpha value is -2.66. The molecule has 1 aromatic carbocycles. The molecule has 0 N–H and O–H groups in total. The number of hydrogen-bond acceptors (Lipinski definition) is 9. The summed E-state index contributed by atoms with van der Waals surface area (Å²) in [7, 11) is -1.99. The third-order valence-electron chi connectivity index (χ3n) is 6.60. The van der Waals surface area contributed by atoms with Gasteiger partial charge in [-0.2, -0.15) is 19.3 Å². The molecule has 11 heteroatoms. The number of nitrogens with zero attached hydrogens (tertiary/aromatic N) is 7. The molecule has 0 aliphatic carbocycles. The first kappa shape index (κ1) is 22.1. The zero-order valence-electron chi connectivity index (χ0n) is 19.1. The van der Waals surface area contributed by atoms with Gasteiger partial charge in [-0.15, -0.1) is 0 Å². The van der Waals surface area contributed by atoms with Gasteiger partial charge in [-0.25, -0.2) is 8.42 Å². The van der Waals surface area contributed by atoms with Crippen LogP contribution in [0.3, 0.4) is 0 Å². The van der Waals surface area contributed by atoms with Gasteiger partial charge in [-0.3, -0.25) is 0 Å². The normalized spacial score (nSPS) is 20.0. The van der Waals surface area contributed by atoms with Gasteiger partial charge in [0.25, 0.3) is 0 Å². The monoisotopic (exact) mass is 473 g/mol. The lowest BCUT2D eigenvalue weighted by Gasteiger charge is -2.34. The molecule has 3 saturated heterocycles. The standard InChI is InChI=1S/C22H31N7O3S/c1-32-18-6-8-19(9-7-18)33(30,31)29-16-14-28(15-17-29)22-24-20(26-10-2-3-11-26)23-21(25-22)27-12-4-5-13-27/h6-9H,2-5,10-17H2,1H3. The molecule has 0 unspecified atom stereocenters. The van der Waals surface area contributed by atoms with Crippen LogP contribution in [0.15, 0.2) is 29.2 Å². The lowest BCUT2D eigenvalue weighted by atomic mass is 10.3. The summed E-state index contributed by atoms with van der Waals surface area (Å²) in [6.07, 6.45) is 4.62. The quantitative estimate of drug-likeness (QED) is 0.620. The molecule has 0 bridgehead atoms. The molecule has 3 fully saturated rings. The third kappa shape index (κ3) is 4.56. The molecule has 1 aromatic heterocycles. The van der Waals surface area contributed by atoms with E-state index in [1.165, 1.54) is 4.31 Å². The van der Waals surface area contributed by atoms with Gasteiger partial charge in [0.2, 0.25) is 27.9 Å². The Bertz CT molecular complexity index is 1030. The zero-order valence-corrected chi connectivity index (χ0v) is 19.9. The van der Waals surface area contributed by atoms with Crippen molar-refractivity contribution >= 4 is 27.9 Å². The highest BCUT2D eigenvalue weighted by atomic mass is 32.2. The van der Waals surface area contributed by atoms with E-state index in [4.69, 9.17) is 19.7 Å². The summed E-state index contributed by atoms with van der Waals surface area (Å²) in [5, 5.41) is 0. The molecule has 3 aliphatic heterocycles. The summed E-state index contributed by atoms with van der Waals surface area (Å²) < 4.78 is 32.9. The summed E-state index contributed by atoms with van der Waals surface area (Å²) in [6.45, 7) is 5.73. The number of ether oxygens (including phenoxy) is 1. The van der Waals surface area contributed by atoms with Crippen molar-refractivity contribution in [3.8, 4) is 5.75 Å². The molecule has 33 heavy (non-hydrogen) atoms. The van der Waals surface area contributed by atoms with E-state index >= 15 is 0 Å². The Morgan fingerprint density at radius 2 is 1.09 bits per heavy atom. The van der Waals surface area contributed by atoms with E-state index in [0.717, 1.165) is 63.8 Å². The van der Waals surface area contributed by atoms with Crippen molar-refractivity contribution in [2.75, 3.05) is 74.2 Å². The maximum atomic E-state index is 13.1. The maximum absolute atomic E-state index is 13.1. The van der Waals surface area contributed by atoms with Crippen LogP contribution in [0.5, 0.6) is 5.75 Å². The number of sulfonamides is 1. The number of hydrogen-bond donors (Lipinski definition) is 0. The average Bonchev–Trinajstić information content (AvgIpc) is 3.59. The van der Waals surface area contributed by atoms with Crippen LogP contribution >= 0.6 is 0 Å². The van der Waals surface area contributed by atoms with Gasteiger partial charge in [0, 0.05) is 52.4 Å². The highest BCUT2D eigenvalue weighted by Gasteiger charge is 2.31. The van der Waals surface area contributed by atoms with Crippen molar-refractivity contribution in [2.45, 2.75) is 30.6 Å². The fraction of sp³-hybridized carbons (Fsp3) is 0.591. The lowest BCUT2D eigenvalue weighted by molar-refractivity contribution is 0.382. The summed E-state index contributed by atoms with van der Waals surface area (Å²) in [4.78, 5) is 21.2. The molecular weight excluding hydrogens is 442 g/mol. The van der Waals surface area contributed by atoms with Gasteiger partial charge in [-0.05, 0) is 49.9 Å². The molecule has 3 aliphatic rings. The van der Waals surface area contributed by atoms with Crippen LogP contribution in [0.25, 0.3) is 0 Å². The van der Waals surface area contributed by atoms with Crippen molar-refractivity contribution in [3.63, 3.8) is 0 Å². The molecule has 5 rings (SSSR count). The minimum Gasteiger partial charge on any atom is -0.497 e. The largest absolute Gasteiger partial charge is 0.497 e. The summed E-state index contributed by atoms with van der Waals surface area (Å²) >= 11 is 0. The molecular formula is C22H31N7O3S. The van der Waals surface area contributed by atoms with Gasteiger partial charge in [0.1, 0.15) is 5.75 Å². The van der Waals surface area contributed by atoms with Crippen molar-refractivity contribution in [2.24, 2.45) is 0 Å². The first-order chi connectivity index (χ1) is 16.0. The second-order valence-electron chi connectivity index (χ2n) is 8.69. The number of methoxy groups -OCH3 is 1. The first-order valence-electron chi connectivity index (χ1n) is 11.7. The molecule has 0 atom stereocenters. The number of piperazine rings is 1. The van der Waals surface area contributed by atoms with Crippen molar-refractivity contribution in [3.05, 3.63) is 24.3 Å². The van der Waals surface area contributed by atoms with Crippen LogP contribution in [0.1, 0.15) is 25.7 Å². The SMILES string of the molecule is COc1ccc(S(=O)(=O)N2CCN(c3nc(N4CCCC4)nc(N4CCCC4)n3)CC2)cc1. The summed E-state index contributed by atoms with van der Waals surface area (Å²) in [6, 6.07) is 6.54. The number of rotatable bonds is 6. The van der Waals surface area contributed by atoms with Gasteiger partial charge < -0.3 is 19.4 Å².